The molecule has 0 bridgehead atoms. The Kier molecular flexibility index (Phi) is 5.14. The lowest BCUT2D eigenvalue weighted by molar-refractivity contribution is -0.146. The van der Waals surface area contributed by atoms with E-state index in [9.17, 15) is 9.59 Å². The number of hydrogen-bond acceptors (Lipinski definition) is 3. The van der Waals surface area contributed by atoms with Crippen LogP contribution >= 0.6 is 0 Å². The number of amides is 1. The van der Waals surface area contributed by atoms with Gasteiger partial charge in [-0.05, 0) is 26.8 Å². The average molecular weight is 256 g/mol. The second-order valence-corrected chi connectivity index (χ2v) is 5.48. The molecule has 1 aliphatic heterocycles. The summed E-state index contributed by atoms with van der Waals surface area (Å²) in [6.45, 7) is 6.35. The molecule has 1 saturated heterocycles. The summed E-state index contributed by atoms with van der Waals surface area (Å²) in [7, 11) is 2.08. The van der Waals surface area contributed by atoms with Crippen molar-refractivity contribution >= 4 is 11.9 Å². The van der Waals surface area contributed by atoms with Crippen LogP contribution < -0.4 is 5.32 Å². The minimum absolute atomic E-state index is 0.147. The van der Waals surface area contributed by atoms with Crippen LogP contribution in [-0.2, 0) is 9.59 Å². The van der Waals surface area contributed by atoms with E-state index in [0.29, 0.717) is 6.04 Å². The highest BCUT2D eigenvalue weighted by molar-refractivity contribution is 5.84. The van der Waals surface area contributed by atoms with Crippen LogP contribution in [0.25, 0.3) is 0 Å². The number of piperidine rings is 1. The number of likely N-dealkylation sites (tertiary alicyclic amines) is 1. The second kappa shape index (κ2) is 6.18. The molecular formula is C13H24N2O3. The summed E-state index contributed by atoms with van der Waals surface area (Å²) in [4.78, 5) is 25.1. The predicted octanol–water partition coefficient (Wildman–Crippen LogP) is 0.942. The van der Waals surface area contributed by atoms with Crippen molar-refractivity contribution in [1.29, 1.82) is 0 Å². The smallest absolute Gasteiger partial charge is 0.307 e. The van der Waals surface area contributed by atoms with Crippen molar-refractivity contribution in [3.05, 3.63) is 0 Å². The van der Waals surface area contributed by atoms with Crippen molar-refractivity contribution in [2.24, 2.45) is 11.8 Å². The van der Waals surface area contributed by atoms with Crippen molar-refractivity contribution in [3.8, 4) is 0 Å². The van der Waals surface area contributed by atoms with Crippen LogP contribution in [0.2, 0.25) is 0 Å². The molecule has 0 radical (unpaired) electrons. The predicted molar refractivity (Wildman–Crippen MR) is 69.2 cm³/mol. The molecular weight excluding hydrogens is 232 g/mol. The Balaban J connectivity index is 2.47. The van der Waals surface area contributed by atoms with Gasteiger partial charge in [-0.15, -0.1) is 0 Å². The molecule has 1 heterocycles. The largest absolute Gasteiger partial charge is 0.481 e. The molecule has 5 heteroatoms. The monoisotopic (exact) mass is 256 g/mol. The fraction of sp³-hybridized carbons (Fsp3) is 0.846. The van der Waals surface area contributed by atoms with Gasteiger partial charge in [0, 0.05) is 24.5 Å². The summed E-state index contributed by atoms with van der Waals surface area (Å²) in [5.41, 5.74) is 0. The summed E-state index contributed by atoms with van der Waals surface area (Å²) in [5.74, 6) is -2.20. The van der Waals surface area contributed by atoms with Gasteiger partial charge in [0.05, 0.1) is 5.92 Å². The number of carbonyl (C=O) groups is 2. The van der Waals surface area contributed by atoms with E-state index in [-0.39, 0.29) is 11.9 Å². The molecule has 18 heavy (non-hydrogen) atoms. The van der Waals surface area contributed by atoms with E-state index in [1.165, 1.54) is 0 Å². The van der Waals surface area contributed by atoms with Crippen LogP contribution in [0, 0.1) is 11.8 Å². The zero-order chi connectivity index (χ0) is 13.9. The maximum Gasteiger partial charge on any atom is 0.307 e. The first-order chi connectivity index (χ1) is 8.32. The van der Waals surface area contributed by atoms with Gasteiger partial charge in [0.15, 0.2) is 0 Å². The Labute approximate surface area is 109 Å². The third-order valence-electron chi connectivity index (χ3n) is 4.11. The standard InChI is InChI=1S/C13H24N2O3/c1-8-7-11(5-6-15(8)4)14-12(16)9(2)10(3)13(17)18/h8-11H,5-7H2,1-4H3,(H,14,16)(H,17,18). The molecule has 1 aliphatic rings. The molecule has 2 N–H and O–H groups in total. The van der Waals surface area contributed by atoms with E-state index in [2.05, 4.69) is 24.2 Å². The van der Waals surface area contributed by atoms with Gasteiger partial charge < -0.3 is 15.3 Å². The number of rotatable bonds is 4. The SMILES string of the molecule is CC(C(=O)O)C(C)C(=O)NC1CCN(C)C(C)C1. The molecule has 0 spiro atoms. The average Bonchev–Trinajstić information content (AvgIpc) is 2.31. The molecule has 0 aromatic heterocycles. The second-order valence-electron chi connectivity index (χ2n) is 5.48. The van der Waals surface area contributed by atoms with Gasteiger partial charge >= 0.3 is 5.97 Å². The van der Waals surface area contributed by atoms with Gasteiger partial charge in [0.1, 0.15) is 0 Å². The Morgan fingerprint density at radius 2 is 1.94 bits per heavy atom. The first-order valence-electron chi connectivity index (χ1n) is 6.56. The van der Waals surface area contributed by atoms with E-state index in [1.807, 2.05) is 0 Å². The van der Waals surface area contributed by atoms with Crippen LogP contribution in [0.15, 0.2) is 0 Å². The number of carbonyl (C=O) groups excluding carboxylic acids is 1. The van der Waals surface area contributed by atoms with Gasteiger partial charge in [-0.3, -0.25) is 9.59 Å². The summed E-state index contributed by atoms with van der Waals surface area (Å²) >= 11 is 0. The maximum absolute atomic E-state index is 12.0. The first kappa shape index (κ1) is 15.0. The molecule has 0 aromatic rings. The fourth-order valence-corrected chi connectivity index (χ4v) is 2.19. The maximum atomic E-state index is 12.0. The lowest BCUT2D eigenvalue weighted by Crippen LogP contribution is -2.49. The Morgan fingerprint density at radius 3 is 2.44 bits per heavy atom. The Morgan fingerprint density at radius 1 is 1.33 bits per heavy atom. The van der Waals surface area contributed by atoms with E-state index < -0.39 is 17.8 Å². The number of nitrogens with one attached hydrogen (secondary N) is 1. The zero-order valence-corrected chi connectivity index (χ0v) is 11.6. The van der Waals surface area contributed by atoms with Crippen LogP contribution in [-0.4, -0.2) is 47.6 Å². The molecule has 0 saturated carbocycles. The van der Waals surface area contributed by atoms with E-state index in [1.54, 1.807) is 13.8 Å². The van der Waals surface area contributed by atoms with Gasteiger partial charge in [0.25, 0.3) is 0 Å². The zero-order valence-electron chi connectivity index (χ0n) is 11.6. The fourth-order valence-electron chi connectivity index (χ4n) is 2.19. The highest BCUT2D eigenvalue weighted by Crippen LogP contribution is 2.17. The molecule has 1 amide bonds. The lowest BCUT2D eigenvalue weighted by Gasteiger charge is -2.35. The van der Waals surface area contributed by atoms with Crippen molar-refractivity contribution in [2.45, 2.75) is 45.7 Å². The molecule has 0 aliphatic carbocycles. The van der Waals surface area contributed by atoms with E-state index in [0.717, 1.165) is 19.4 Å². The van der Waals surface area contributed by atoms with Gasteiger partial charge in [0.2, 0.25) is 5.91 Å². The molecule has 4 unspecified atom stereocenters. The number of carboxylic acids is 1. The minimum Gasteiger partial charge on any atom is -0.481 e. The van der Waals surface area contributed by atoms with Gasteiger partial charge in [-0.25, -0.2) is 0 Å². The number of hydrogen-bond donors (Lipinski definition) is 2. The quantitative estimate of drug-likeness (QED) is 0.785. The van der Waals surface area contributed by atoms with Crippen molar-refractivity contribution in [1.82, 2.24) is 10.2 Å². The summed E-state index contributed by atoms with van der Waals surface area (Å²) in [5, 5.41) is 11.9. The van der Waals surface area contributed by atoms with E-state index in [4.69, 9.17) is 5.11 Å². The summed E-state index contributed by atoms with van der Waals surface area (Å²) in [6.07, 6.45) is 1.86. The molecule has 1 fully saturated rings. The van der Waals surface area contributed by atoms with Gasteiger partial charge in [-0.1, -0.05) is 13.8 Å². The molecule has 0 aromatic carbocycles. The van der Waals surface area contributed by atoms with Crippen LogP contribution in [0.4, 0.5) is 0 Å². The highest BCUT2D eigenvalue weighted by atomic mass is 16.4. The highest BCUT2D eigenvalue weighted by Gasteiger charge is 2.29. The lowest BCUT2D eigenvalue weighted by atomic mass is 9.93. The third kappa shape index (κ3) is 3.70. The minimum atomic E-state index is -0.922. The van der Waals surface area contributed by atoms with E-state index >= 15 is 0 Å². The van der Waals surface area contributed by atoms with Crippen LogP contribution in [0.3, 0.4) is 0 Å². The Bertz CT molecular complexity index is 319. The van der Waals surface area contributed by atoms with Crippen molar-refractivity contribution in [3.63, 3.8) is 0 Å². The van der Waals surface area contributed by atoms with Gasteiger partial charge in [-0.2, -0.15) is 0 Å². The van der Waals surface area contributed by atoms with Crippen LogP contribution in [0.1, 0.15) is 33.6 Å². The normalized spacial score (nSPS) is 28.4. The summed E-state index contributed by atoms with van der Waals surface area (Å²) < 4.78 is 0. The summed E-state index contributed by atoms with van der Waals surface area (Å²) in [6, 6.07) is 0.628. The number of carboxylic acid groups (broad SMARTS) is 1. The third-order valence-corrected chi connectivity index (χ3v) is 4.11. The van der Waals surface area contributed by atoms with Crippen molar-refractivity contribution < 1.29 is 14.7 Å². The molecule has 104 valence electrons. The van der Waals surface area contributed by atoms with Crippen LogP contribution in [0.5, 0.6) is 0 Å². The number of aliphatic carboxylic acids is 1. The van der Waals surface area contributed by atoms with Crippen molar-refractivity contribution in [2.75, 3.05) is 13.6 Å². The number of nitrogens with zero attached hydrogens (tertiary/aromatic N) is 1. The molecule has 5 nitrogen and oxygen atoms in total. The topological polar surface area (TPSA) is 69.6 Å². The Hall–Kier alpha value is -1.10. The molecule has 1 rings (SSSR count). The first-order valence-corrected chi connectivity index (χ1v) is 6.56. The molecule has 4 atom stereocenters.